The van der Waals surface area contributed by atoms with Gasteiger partial charge in [0.1, 0.15) is 11.7 Å². The monoisotopic (exact) mass is 217 g/mol. The van der Waals surface area contributed by atoms with Gasteiger partial charge in [-0.05, 0) is 18.2 Å². The number of hydrogen-bond acceptors (Lipinski definition) is 3. The Morgan fingerprint density at radius 2 is 2.19 bits per heavy atom. The lowest BCUT2D eigenvalue weighted by Gasteiger charge is -1.96. The van der Waals surface area contributed by atoms with E-state index in [2.05, 4.69) is 9.97 Å². The zero-order valence-electron chi connectivity index (χ0n) is 8.45. The van der Waals surface area contributed by atoms with Crippen LogP contribution in [0.4, 0.5) is 0 Å². The molecule has 0 spiro atoms. The second-order valence-corrected chi connectivity index (χ2v) is 3.47. The Labute approximate surface area is 91.2 Å². The summed E-state index contributed by atoms with van der Waals surface area (Å²) in [6, 6.07) is 5.17. The number of nitrogen functional groups attached to an aromatic ring is 1. The van der Waals surface area contributed by atoms with Crippen molar-refractivity contribution in [3.05, 3.63) is 29.6 Å². The second-order valence-electron chi connectivity index (χ2n) is 3.47. The molecule has 82 valence electrons. The molecule has 6 nitrogen and oxygen atoms in total. The minimum atomic E-state index is -0.439. The maximum atomic E-state index is 10.7. The third-order valence-corrected chi connectivity index (χ3v) is 2.18. The molecule has 0 atom stereocenters. The fraction of sp³-hybridized carbons (Fsp3) is 0.100. The summed E-state index contributed by atoms with van der Waals surface area (Å²) in [5.74, 6) is 0.0713. The molecule has 0 radical (unpaired) electrons. The third kappa shape index (κ3) is 1.85. The molecule has 16 heavy (non-hydrogen) atoms. The molecule has 0 saturated heterocycles. The lowest BCUT2D eigenvalue weighted by molar-refractivity contribution is -0.117. The van der Waals surface area contributed by atoms with E-state index in [4.69, 9.17) is 16.9 Å². The molecule has 0 fully saturated rings. The van der Waals surface area contributed by atoms with E-state index >= 15 is 0 Å². The van der Waals surface area contributed by atoms with Crippen molar-refractivity contribution in [3.63, 3.8) is 0 Å². The SMILES string of the molecule is N=C(N)c1ccc2nc(CC(N)=O)[nH]c2c1. The van der Waals surface area contributed by atoms with E-state index in [-0.39, 0.29) is 12.3 Å². The quantitative estimate of drug-likeness (QED) is 0.423. The number of amides is 1. The summed E-state index contributed by atoms with van der Waals surface area (Å²) in [6.45, 7) is 0. The van der Waals surface area contributed by atoms with Crippen LogP contribution in [-0.2, 0) is 11.2 Å². The maximum absolute atomic E-state index is 10.7. The predicted octanol–water partition coefficient (Wildman–Crippen LogP) is -0.125. The fourth-order valence-electron chi connectivity index (χ4n) is 1.48. The number of hydrogen-bond donors (Lipinski definition) is 4. The number of nitrogens with zero attached hydrogens (tertiary/aromatic N) is 1. The van der Waals surface area contributed by atoms with Crippen molar-refractivity contribution in [3.8, 4) is 0 Å². The minimum Gasteiger partial charge on any atom is -0.384 e. The molecule has 1 aromatic heterocycles. The van der Waals surface area contributed by atoms with Crippen LogP contribution in [0, 0.1) is 5.41 Å². The maximum Gasteiger partial charge on any atom is 0.225 e. The van der Waals surface area contributed by atoms with E-state index in [1.54, 1.807) is 18.2 Å². The zero-order chi connectivity index (χ0) is 11.7. The van der Waals surface area contributed by atoms with Gasteiger partial charge in [0.15, 0.2) is 0 Å². The van der Waals surface area contributed by atoms with Gasteiger partial charge in [-0.15, -0.1) is 0 Å². The third-order valence-electron chi connectivity index (χ3n) is 2.18. The number of benzene rings is 1. The van der Waals surface area contributed by atoms with Gasteiger partial charge >= 0.3 is 0 Å². The fourth-order valence-corrected chi connectivity index (χ4v) is 1.48. The minimum absolute atomic E-state index is 0.00653. The van der Waals surface area contributed by atoms with Crippen molar-refractivity contribution in [2.75, 3.05) is 0 Å². The molecule has 1 amide bonds. The predicted molar refractivity (Wildman–Crippen MR) is 60.0 cm³/mol. The first-order chi connectivity index (χ1) is 7.56. The molecular weight excluding hydrogens is 206 g/mol. The van der Waals surface area contributed by atoms with Crippen LogP contribution in [-0.4, -0.2) is 21.7 Å². The van der Waals surface area contributed by atoms with Gasteiger partial charge in [0, 0.05) is 5.56 Å². The molecule has 2 rings (SSSR count). The highest BCUT2D eigenvalue weighted by Crippen LogP contribution is 2.13. The van der Waals surface area contributed by atoms with E-state index in [1.165, 1.54) is 0 Å². The summed E-state index contributed by atoms with van der Waals surface area (Å²) in [7, 11) is 0. The van der Waals surface area contributed by atoms with Gasteiger partial charge in [0.25, 0.3) is 0 Å². The number of nitrogens with one attached hydrogen (secondary N) is 2. The van der Waals surface area contributed by atoms with Gasteiger partial charge in [-0.1, -0.05) is 0 Å². The van der Waals surface area contributed by atoms with E-state index < -0.39 is 5.91 Å². The number of nitrogens with two attached hydrogens (primary N) is 2. The molecular formula is C10H11N5O. The Hall–Kier alpha value is -2.37. The van der Waals surface area contributed by atoms with Crippen LogP contribution in [0.3, 0.4) is 0 Å². The summed E-state index contributed by atoms with van der Waals surface area (Å²) in [6.07, 6.45) is 0.0735. The van der Waals surface area contributed by atoms with Crippen molar-refractivity contribution in [2.24, 2.45) is 11.5 Å². The Balaban J connectivity index is 2.45. The van der Waals surface area contributed by atoms with E-state index in [0.29, 0.717) is 11.4 Å². The Morgan fingerprint density at radius 1 is 1.44 bits per heavy atom. The molecule has 0 aliphatic heterocycles. The van der Waals surface area contributed by atoms with Crippen LogP contribution in [0.25, 0.3) is 11.0 Å². The first kappa shape index (κ1) is 10.2. The molecule has 1 aromatic carbocycles. The normalized spacial score (nSPS) is 10.5. The Bertz CT molecular complexity index is 572. The number of carbonyl (C=O) groups is 1. The number of amidine groups is 1. The van der Waals surface area contributed by atoms with Gasteiger partial charge in [0.2, 0.25) is 5.91 Å². The average molecular weight is 217 g/mol. The van der Waals surface area contributed by atoms with Gasteiger partial charge < -0.3 is 16.5 Å². The summed E-state index contributed by atoms with van der Waals surface area (Å²) < 4.78 is 0. The summed E-state index contributed by atoms with van der Waals surface area (Å²) in [5.41, 5.74) is 12.5. The van der Waals surface area contributed by atoms with E-state index in [1.807, 2.05) is 0 Å². The van der Waals surface area contributed by atoms with Crippen LogP contribution in [0.15, 0.2) is 18.2 Å². The number of fused-ring (bicyclic) bond motifs is 1. The lowest BCUT2D eigenvalue weighted by Crippen LogP contribution is -2.14. The smallest absolute Gasteiger partial charge is 0.225 e. The molecule has 6 heteroatoms. The van der Waals surface area contributed by atoms with Crippen LogP contribution in [0.1, 0.15) is 11.4 Å². The highest BCUT2D eigenvalue weighted by molar-refractivity contribution is 5.98. The number of aromatic amines is 1. The molecule has 0 unspecified atom stereocenters. The van der Waals surface area contributed by atoms with Crippen LogP contribution < -0.4 is 11.5 Å². The Morgan fingerprint density at radius 3 is 2.81 bits per heavy atom. The number of primary amides is 1. The first-order valence-corrected chi connectivity index (χ1v) is 4.67. The van der Waals surface area contributed by atoms with Crippen LogP contribution >= 0.6 is 0 Å². The molecule has 0 aliphatic rings. The van der Waals surface area contributed by atoms with E-state index in [9.17, 15) is 4.79 Å². The molecule has 0 saturated carbocycles. The van der Waals surface area contributed by atoms with Crippen molar-refractivity contribution in [1.82, 2.24) is 9.97 Å². The van der Waals surface area contributed by atoms with Crippen LogP contribution in [0.2, 0.25) is 0 Å². The molecule has 0 bridgehead atoms. The first-order valence-electron chi connectivity index (χ1n) is 4.67. The second kappa shape index (κ2) is 3.65. The molecule has 6 N–H and O–H groups in total. The summed E-state index contributed by atoms with van der Waals surface area (Å²) in [5, 5.41) is 7.30. The van der Waals surface area contributed by atoms with Gasteiger partial charge in [-0.25, -0.2) is 4.98 Å². The Kier molecular flexibility index (Phi) is 2.32. The molecule has 1 heterocycles. The van der Waals surface area contributed by atoms with Gasteiger partial charge in [-0.3, -0.25) is 10.2 Å². The highest BCUT2D eigenvalue weighted by Gasteiger charge is 2.06. The topological polar surface area (TPSA) is 122 Å². The van der Waals surface area contributed by atoms with Crippen LogP contribution in [0.5, 0.6) is 0 Å². The molecule has 0 aliphatic carbocycles. The summed E-state index contributed by atoms with van der Waals surface area (Å²) >= 11 is 0. The number of aromatic nitrogens is 2. The largest absolute Gasteiger partial charge is 0.384 e. The highest BCUT2D eigenvalue weighted by atomic mass is 16.1. The van der Waals surface area contributed by atoms with Crippen molar-refractivity contribution >= 4 is 22.8 Å². The standard InChI is InChI=1S/C10H11N5O/c11-8(16)4-9-14-6-2-1-5(10(12)13)3-7(6)15-9/h1-3H,4H2,(H2,11,16)(H3,12,13)(H,14,15). The van der Waals surface area contributed by atoms with Gasteiger partial charge in [0.05, 0.1) is 17.5 Å². The number of rotatable bonds is 3. The number of imidazole rings is 1. The molecule has 2 aromatic rings. The lowest BCUT2D eigenvalue weighted by atomic mass is 10.2. The number of H-pyrrole nitrogens is 1. The summed E-state index contributed by atoms with van der Waals surface area (Å²) in [4.78, 5) is 17.9. The number of carbonyl (C=O) groups excluding carboxylic acids is 1. The van der Waals surface area contributed by atoms with Crippen molar-refractivity contribution in [1.29, 1.82) is 5.41 Å². The average Bonchev–Trinajstić information content (AvgIpc) is 2.56. The van der Waals surface area contributed by atoms with Crippen molar-refractivity contribution < 1.29 is 4.79 Å². The van der Waals surface area contributed by atoms with E-state index in [0.717, 1.165) is 11.0 Å². The van der Waals surface area contributed by atoms with Gasteiger partial charge in [-0.2, -0.15) is 0 Å². The van der Waals surface area contributed by atoms with Crippen molar-refractivity contribution in [2.45, 2.75) is 6.42 Å². The zero-order valence-corrected chi connectivity index (χ0v) is 8.45.